The third kappa shape index (κ3) is 4.69. The van der Waals surface area contributed by atoms with Gasteiger partial charge in [-0.1, -0.05) is 0 Å². The Morgan fingerprint density at radius 3 is 2.48 bits per heavy atom. The van der Waals surface area contributed by atoms with Gasteiger partial charge in [0, 0.05) is 5.56 Å². The summed E-state index contributed by atoms with van der Waals surface area (Å²) in [6.07, 6.45) is -8.25. The van der Waals surface area contributed by atoms with Crippen molar-refractivity contribution < 1.29 is 36.2 Å². The zero-order chi connectivity index (χ0) is 16.2. The fourth-order valence-electron chi connectivity index (χ4n) is 1.38. The molecule has 0 aliphatic carbocycles. The molecule has 0 saturated carbocycles. The Bertz CT molecular complexity index is 521. The molecule has 0 unspecified atom stereocenters. The van der Waals surface area contributed by atoms with Crippen LogP contribution in [0.2, 0.25) is 0 Å². The lowest BCUT2D eigenvalue weighted by atomic mass is 10.1. The fourth-order valence-corrected chi connectivity index (χ4v) is 1.57. The van der Waals surface area contributed by atoms with Crippen LogP contribution in [0.15, 0.2) is 6.07 Å². The molecular weight excluding hydrogens is 325 g/mol. The molecule has 0 bridgehead atoms. The van der Waals surface area contributed by atoms with Crippen LogP contribution in [0.1, 0.15) is 35.0 Å². The molecule has 10 heteroatoms. The van der Waals surface area contributed by atoms with Gasteiger partial charge in [-0.3, -0.25) is 0 Å². The van der Waals surface area contributed by atoms with Crippen molar-refractivity contribution in [3.05, 3.63) is 22.9 Å². The second-order valence-electron chi connectivity index (χ2n) is 3.59. The van der Waals surface area contributed by atoms with Gasteiger partial charge in [0.1, 0.15) is 0 Å². The van der Waals surface area contributed by atoms with E-state index >= 15 is 0 Å². The van der Waals surface area contributed by atoms with Gasteiger partial charge >= 0.3 is 12.3 Å². The molecule has 0 atom stereocenters. The first-order valence-electron chi connectivity index (χ1n) is 5.50. The minimum atomic E-state index is -5.11. The number of pyridine rings is 1. The van der Waals surface area contributed by atoms with Crippen molar-refractivity contribution in [3.63, 3.8) is 0 Å². The number of carbonyl (C=O) groups excluding carboxylic acids is 1. The molecule has 0 spiro atoms. The summed E-state index contributed by atoms with van der Waals surface area (Å²) in [5, 5.41) is 0. The van der Waals surface area contributed by atoms with Crippen molar-refractivity contribution >= 4 is 17.6 Å². The van der Waals surface area contributed by atoms with Crippen LogP contribution >= 0.6 is 11.6 Å². The van der Waals surface area contributed by atoms with Crippen molar-refractivity contribution in [2.24, 2.45) is 0 Å². The zero-order valence-electron chi connectivity index (χ0n) is 10.5. The van der Waals surface area contributed by atoms with E-state index in [2.05, 4.69) is 14.5 Å². The summed E-state index contributed by atoms with van der Waals surface area (Å²) >= 11 is 5.38. The van der Waals surface area contributed by atoms with Gasteiger partial charge in [-0.15, -0.1) is 24.8 Å². The highest BCUT2D eigenvalue weighted by atomic mass is 35.5. The molecule has 4 nitrogen and oxygen atoms in total. The zero-order valence-corrected chi connectivity index (χ0v) is 11.3. The lowest BCUT2D eigenvalue weighted by molar-refractivity contribution is -0.276. The highest BCUT2D eigenvalue weighted by Crippen LogP contribution is 2.31. The summed E-state index contributed by atoms with van der Waals surface area (Å²) in [6, 6.07) is 0.637. The van der Waals surface area contributed by atoms with Gasteiger partial charge in [0.25, 0.3) is 6.43 Å². The van der Waals surface area contributed by atoms with E-state index in [4.69, 9.17) is 11.6 Å². The fraction of sp³-hybridized carbons (Fsp3) is 0.455. The topological polar surface area (TPSA) is 48.4 Å². The molecule has 0 N–H and O–H groups in total. The summed E-state index contributed by atoms with van der Waals surface area (Å²) in [5.74, 6) is -2.90. The number of alkyl halides is 6. The molecule has 0 saturated heterocycles. The van der Waals surface area contributed by atoms with E-state index < -0.39 is 47.3 Å². The highest BCUT2D eigenvalue weighted by Gasteiger charge is 2.34. The number of rotatable bonds is 5. The Morgan fingerprint density at radius 1 is 1.43 bits per heavy atom. The minimum absolute atomic E-state index is 0.157. The minimum Gasteiger partial charge on any atom is -0.461 e. The van der Waals surface area contributed by atoms with Gasteiger partial charge in [0.2, 0.25) is 5.88 Å². The summed E-state index contributed by atoms with van der Waals surface area (Å²) in [4.78, 5) is 14.7. The summed E-state index contributed by atoms with van der Waals surface area (Å²) < 4.78 is 70.5. The smallest absolute Gasteiger partial charge is 0.461 e. The third-order valence-electron chi connectivity index (χ3n) is 2.15. The maximum atomic E-state index is 12.9. The van der Waals surface area contributed by atoms with E-state index in [1.807, 2.05) is 0 Å². The maximum Gasteiger partial charge on any atom is 0.574 e. The van der Waals surface area contributed by atoms with Gasteiger partial charge in [-0.05, 0) is 13.0 Å². The van der Waals surface area contributed by atoms with E-state index in [1.165, 1.54) is 6.92 Å². The largest absolute Gasteiger partial charge is 0.574 e. The molecule has 1 heterocycles. The predicted octanol–water partition coefficient (Wildman–Crippen LogP) is 3.83. The number of halogens is 6. The monoisotopic (exact) mass is 333 g/mol. The first-order valence-corrected chi connectivity index (χ1v) is 6.03. The number of nitrogens with zero attached hydrogens (tertiary/aromatic N) is 1. The van der Waals surface area contributed by atoms with E-state index in [0.717, 1.165) is 0 Å². The maximum absolute atomic E-state index is 12.9. The van der Waals surface area contributed by atoms with E-state index in [1.54, 1.807) is 0 Å². The molecule has 1 aromatic rings. The second-order valence-corrected chi connectivity index (χ2v) is 3.86. The van der Waals surface area contributed by atoms with Crippen LogP contribution in [0.25, 0.3) is 0 Å². The van der Waals surface area contributed by atoms with Crippen LogP contribution in [-0.2, 0) is 10.6 Å². The van der Waals surface area contributed by atoms with Crippen molar-refractivity contribution in [2.75, 3.05) is 6.61 Å². The molecule has 0 aromatic carbocycles. The number of aromatic nitrogens is 1. The molecular formula is C11H9ClF5NO3. The predicted molar refractivity (Wildman–Crippen MR) is 61.4 cm³/mol. The van der Waals surface area contributed by atoms with Crippen LogP contribution in [0.4, 0.5) is 22.0 Å². The Kier molecular flexibility index (Phi) is 5.70. The van der Waals surface area contributed by atoms with E-state index in [-0.39, 0.29) is 6.61 Å². The first-order chi connectivity index (χ1) is 9.69. The van der Waals surface area contributed by atoms with Crippen LogP contribution in [0.3, 0.4) is 0 Å². The highest BCUT2D eigenvalue weighted by molar-refractivity contribution is 6.17. The van der Waals surface area contributed by atoms with E-state index in [0.29, 0.717) is 6.07 Å². The molecule has 1 rings (SSSR count). The number of hydrogen-bond donors (Lipinski definition) is 0. The van der Waals surface area contributed by atoms with Gasteiger partial charge in [0.05, 0.1) is 18.1 Å². The first kappa shape index (κ1) is 17.4. The van der Waals surface area contributed by atoms with Gasteiger partial charge < -0.3 is 9.47 Å². The number of carbonyl (C=O) groups is 1. The van der Waals surface area contributed by atoms with Crippen molar-refractivity contribution in [2.45, 2.75) is 25.6 Å². The van der Waals surface area contributed by atoms with Crippen molar-refractivity contribution in [1.82, 2.24) is 4.98 Å². The number of hydrogen-bond acceptors (Lipinski definition) is 4. The summed E-state index contributed by atoms with van der Waals surface area (Å²) in [5.41, 5.74) is -2.24. The lowest BCUT2D eigenvalue weighted by Crippen LogP contribution is -2.21. The molecule has 0 radical (unpaired) electrons. The normalized spacial score (nSPS) is 11.6. The quantitative estimate of drug-likeness (QED) is 0.467. The molecule has 0 aliphatic heterocycles. The van der Waals surface area contributed by atoms with Gasteiger partial charge in [-0.25, -0.2) is 18.6 Å². The number of esters is 1. The molecule has 0 aliphatic rings. The third-order valence-corrected chi connectivity index (χ3v) is 2.44. The summed E-state index contributed by atoms with van der Waals surface area (Å²) in [7, 11) is 0. The number of ether oxygens (including phenoxy) is 2. The van der Waals surface area contributed by atoms with Crippen LogP contribution < -0.4 is 4.74 Å². The van der Waals surface area contributed by atoms with Gasteiger partial charge in [-0.2, -0.15) is 0 Å². The lowest BCUT2D eigenvalue weighted by Gasteiger charge is -2.14. The van der Waals surface area contributed by atoms with E-state index in [9.17, 15) is 26.7 Å². The molecule has 21 heavy (non-hydrogen) atoms. The summed E-state index contributed by atoms with van der Waals surface area (Å²) in [6.45, 7) is 1.25. The Balaban J connectivity index is 3.38. The average Bonchev–Trinajstić information content (AvgIpc) is 2.36. The molecule has 0 amide bonds. The Morgan fingerprint density at radius 2 is 2.05 bits per heavy atom. The van der Waals surface area contributed by atoms with Gasteiger partial charge in [0.15, 0.2) is 5.69 Å². The molecule has 0 fully saturated rings. The van der Waals surface area contributed by atoms with Crippen LogP contribution in [0.5, 0.6) is 5.88 Å². The van der Waals surface area contributed by atoms with Crippen molar-refractivity contribution in [3.8, 4) is 5.88 Å². The van der Waals surface area contributed by atoms with Crippen molar-refractivity contribution in [1.29, 1.82) is 0 Å². The standard InChI is InChI=1S/C11H9ClF5NO3/c1-2-20-10(19)7-6(8(13)14)3-5(4-12)9(18-7)21-11(15,16)17/h3,8H,2,4H2,1H3. The molecule has 118 valence electrons. The SMILES string of the molecule is CCOC(=O)c1nc(OC(F)(F)F)c(CCl)cc1C(F)F. The second kappa shape index (κ2) is 6.88. The average molecular weight is 334 g/mol. The Labute approximate surface area is 120 Å². The van der Waals surface area contributed by atoms with Crippen LogP contribution in [-0.4, -0.2) is 23.9 Å². The van der Waals surface area contributed by atoms with Crippen LogP contribution in [0, 0.1) is 0 Å². The molecule has 1 aromatic heterocycles. The Hall–Kier alpha value is -1.64.